The normalized spacial score (nSPS) is 8.09. The largest absolute Gasteiger partial charge is 0.462 e. The van der Waals surface area contributed by atoms with E-state index in [-0.39, 0.29) is 5.97 Å². The van der Waals surface area contributed by atoms with Crippen LogP contribution in [0.25, 0.3) is 6.08 Å². The number of allylic oxidation sites excluding steroid dienone is 2. The lowest BCUT2D eigenvalue weighted by Gasteiger charge is -2.01. The molecule has 0 unspecified atom stereocenters. The number of ether oxygens (including phenoxy) is 1. The van der Waals surface area contributed by atoms with Gasteiger partial charge < -0.3 is 4.74 Å². The Morgan fingerprint density at radius 1 is 1.14 bits per heavy atom. The van der Waals surface area contributed by atoms with E-state index in [9.17, 15) is 4.79 Å². The Bertz CT molecular complexity index is 438. The molecule has 0 saturated heterocycles. The summed E-state index contributed by atoms with van der Waals surface area (Å²) in [4.78, 5) is 10.7. The number of hydrogen-bond donors (Lipinski definition) is 0. The van der Waals surface area contributed by atoms with Gasteiger partial charge in [-0.1, -0.05) is 88.2 Å². The van der Waals surface area contributed by atoms with Crippen molar-refractivity contribution in [1.82, 2.24) is 0 Å². The summed E-state index contributed by atoms with van der Waals surface area (Å²) in [5.41, 5.74) is 1.64. The van der Waals surface area contributed by atoms with Crippen molar-refractivity contribution in [3.05, 3.63) is 79.9 Å². The molecule has 120 valence electrons. The van der Waals surface area contributed by atoms with Crippen molar-refractivity contribution in [2.24, 2.45) is 0 Å². The second-order valence-electron chi connectivity index (χ2n) is 4.36. The van der Waals surface area contributed by atoms with Crippen LogP contribution in [0.3, 0.4) is 0 Å². The first-order valence-electron chi connectivity index (χ1n) is 7.27. The maximum atomic E-state index is 10.7. The highest BCUT2D eigenvalue weighted by molar-refractivity contribution is 5.86. The van der Waals surface area contributed by atoms with Gasteiger partial charge in [0, 0.05) is 5.57 Å². The summed E-state index contributed by atoms with van der Waals surface area (Å²) in [6, 6.07) is 10.0. The summed E-state index contributed by atoms with van der Waals surface area (Å²) < 4.78 is 4.81. The average Bonchev–Trinajstić information content (AvgIpc) is 2.56. The van der Waals surface area contributed by atoms with Crippen LogP contribution in [0.4, 0.5) is 0 Å². The minimum Gasteiger partial charge on any atom is -0.462 e. The lowest BCUT2D eigenvalue weighted by Crippen LogP contribution is -2.05. The number of carbonyl (C=O) groups excluding carboxylic acids is 1. The van der Waals surface area contributed by atoms with Crippen LogP contribution in [0.15, 0.2) is 74.4 Å². The third-order valence-corrected chi connectivity index (χ3v) is 2.28. The van der Waals surface area contributed by atoms with Crippen LogP contribution in [-0.4, -0.2) is 12.6 Å². The van der Waals surface area contributed by atoms with Crippen molar-refractivity contribution in [2.75, 3.05) is 6.61 Å². The second kappa shape index (κ2) is 16.7. The van der Waals surface area contributed by atoms with Gasteiger partial charge in [0.15, 0.2) is 0 Å². The minimum atomic E-state index is -0.284. The van der Waals surface area contributed by atoms with E-state index < -0.39 is 0 Å². The van der Waals surface area contributed by atoms with Crippen LogP contribution in [-0.2, 0) is 9.53 Å². The molecule has 1 aromatic carbocycles. The molecule has 0 spiro atoms. The second-order valence-corrected chi connectivity index (χ2v) is 4.36. The molecule has 0 heterocycles. The van der Waals surface area contributed by atoms with Gasteiger partial charge in [0.25, 0.3) is 0 Å². The molecular formula is C20H28O2. The predicted molar refractivity (Wildman–Crippen MR) is 97.6 cm³/mol. The first-order valence-corrected chi connectivity index (χ1v) is 7.27. The van der Waals surface area contributed by atoms with Crippen LogP contribution >= 0.6 is 0 Å². The van der Waals surface area contributed by atoms with Gasteiger partial charge in [0.1, 0.15) is 0 Å². The average molecular weight is 300 g/mol. The molecule has 1 aromatic rings. The van der Waals surface area contributed by atoms with Crippen molar-refractivity contribution >= 4 is 12.0 Å². The zero-order valence-corrected chi connectivity index (χ0v) is 13.9. The summed E-state index contributed by atoms with van der Waals surface area (Å²) in [7, 11) is 0. The zero-order valence-electron chi connectivity index (χ0n) is 13.9. The molecule has 0 bridgehead atoms. The van der Waals surface area contributed by atoms with E-state index >= 15 is 0 Å². The molecule has 0 aromatic heterocycles. The van der Waals surface area contributed by atoms with Gasteiger partial charge in [-0.05, 0) is 18.9 Å². The Hall–Kier alpha value is -2.35. The Labute approximate surface area is 135 Å². The summed E-state index contributed by atoms with van der Waals surface area (Å²) in [6.07, 6.45) is 7.09. The molecular weight excluding hydrogens is 272 g/mol. The predicted octanol–water partition coefficient (Wildman–Crippen LogP) is 5.59. The summed E-state index contributed by atoms with van der Waals surface area (Å²) in [6.45, 7) is 18.0. The number of unbranched alkanes of at least 4 members (excludes halogenated alkanes) is 1. The van der Waals surface area contributed by atoms with E-state index in [2.05, 4.69) is 33.2 Å². The summed E-state index contributed by atoms with van der Waals surface area (Å²) in [5.74, 6) is -0.284. The van der Waals surface area contributed by atoms with Crippen LogP contribution < -0.4 is 0 Å². The van der Waals surface area contributed by atoms with E-state index in [1.54, 1.807) is 19.1 Å². The Kier molecular flexibility index (Phi) is 16.7. The minimum absolute atomic E-state index is 0.284. The van der Waals surface area contributed by atoms with E-state index in [4.69, 9.17) is 4.74 Å². The number of esters is 1. The van der Waals surface area contributed by atoms with E-state index in [0.29, 0.717) is 12.2 Å². The molecule has 22 heavy (non-hydrogen) atoms. The van der Waals surface area contributed by atoms with Gasteiger partial charge >= 0.3 is 5.97 Å². The van der Waals surface area contributed by atoms with Crippen molar-refractivity contribution in [3.63, 3.8) is 0 Å². The molecule has 0 N–H and O–H groups in total. The van der Waals surface area contributed by atoms with Gasteiger partial charge in [-0.15, -0.1) is 0 Å². The van der Waals surface area contributed by atoms with Gasteiger partial charge in [0.2, 0.25) is 0 Å². The molecule has 0 amide bonds. The lowest BCUT2D eigenvalue weighted by molar-refractivity contribution is -0.139. The quantitative estimate of drug-likeness (QED) is 0.296. The molecule has 0 aliphatic heterocycles. The molecule has 0 aliphatic rings. The molecule has 1 rings (SSSR count). The fourth-order valence-electron chi connectivity index (χ4n) is 1.02. The third-order valence-electron chi connectivity index (χ3n) is 2.28. The number of carbonyl (C=O) groups is 1. The Morgan fingerprint density at radius 3 is 2.00 bits per heavy atom. The molecule has 0 aliphatic carbocycles. The highest BCUT2D eigenvalue weighted by Gasteiger charge is 2.00. The highest BCUT2D eigenvalue weighted by Crippen LogP contribution is 1.97. The monoisotopic (exact) mass is 300 g/mol. The first-order chi connectivity index (χ1) is 10.5. The van der Waals surface area contributed by atoms with Crippen molar-refractivity contribution < 1.29 is 9.53 Å². The smallest absolute Gasteiger partial charge is 0.333 e. The maximum absolute atomic E-state index is 10.7. The number of rotatable bonds is 6. The fourth-order valence-corrected chi connectivity index (χ4v) is 1.02. The van der Waals surface area contributed by atoms with E-state index in [1.165, 1.54) is 5.56 Å². The molecule has 0 radical (unpaired) electrons. The molecule has 0 atom stereocenters. The highest BCUT2D eigenvalue weighted by atomic mass is 16.5. The fraction of sp³-hybridized carbons (Fsp3) is 0.250. The van der Waals surface area contributed by atoms with Crippen molar-refractivity contribution in [2.45, 2.75) is 26.7 Å². The standard InChI is InChI=1S/C8H14O2.C8H8.C4H6/c1-4-5-6-10-8(9)7(2)3;1-2-8-6-4-3-5-7-8;1-3-4-2/h2,4-6H2,1,3H3;2-7H,1H2;3-4H,1-2H2. The van der Waals surface area contributed by atoms with Crippen LogP contribution in [0.2, 0.25) is 0 Å². The first kappa shape index (κ1) is 21.9. The van der Waals surface area contributed by atoms with Crippen LogP contribution in [0.5, 0.6) is 0 Å². The van der Waals surface area contributed by atoms with E-state index in [1.807, 2.05) is 36.4 Å². The Morgan fingerprint density at radius 2 is 1.68 bits per heavy atom. The van der Waals surface area contributed by atoms with Gasteiger partial charge in [0.05, 0.1) is 6.61 Å². The third kappa shape index (κ3) is 15.7. The topological polar surface area (TPSA) is 26.3 Å². The van der Waals surface area contributed by atoms with Gasteiger partial charge in [-0.2, -0.15) is 0 Å². The number of benzene rings is 1. The van der Waals surface area contributed by atoms with Gasteiger partial charge in [-0.3, -0.25) is 0 Å². The van der Waals surface area contributed by atoms with Crippen LogP contribution in [0.1, 0.15) is 32.3 Å². The Balaban J connectivity index is 0. The van der Waals surface area contributed by atoms with Gasteiger partial charge in [-0.25, -0.2) is 4.79 Å². The van der Waals surface area contributed by atoms with Crippen LogP contribution in [0, 0.1) is 0 Å². The zero-order chi connectivity index (χ0) is 17.2. The molecule has 0 fully saturated rings. The van der Waals surface area contributed by atoms with Crippen molar-refractivity contribution in [3.8, 4) is 0 Å². The van der Waals surface area contributed by atoms with E-state index in [0.717, 1.165) is 12.8 Å². The number of hydrogen-bond acceptors (Lipinski definition) is 2. The molecule has 2 nitrogen and oxygen atoms in total. The maximum Gasteiger partial charge on any atom is 0.333 e. The summed E-state index contributed by atoms with van der Waals surface area (Å²) >= 11 is 0. The SMILES string of the molecule is C=C(C)C(=O)OCCCC.C=CC=C.C=Cc1ccccc1. The lowest BCUT2D eigenvalue weighted by atomic mass is 10.2. The van der Waals surface area contributed by atoms with Crippen molar-refractivity contribution in [1.29, 1.82) is 0 Å². The summed E-state index contributed by atoms with van der Waals surface area (Å²) in [5, 5.41) is 0. The molecule has 2 heteroatoms. The molecule has 0 saturated carbocycles.